The molecule has 12 nitrogen and oxygen atoms in total. The summed E-state index contributed by atoms with van der Waals surface area (Å²) in [7, 11) is -3.85. The summed E-state index contributed by atoms with van der Waals surface area (Å²) in [5.41, 5.74) is 2.42. The number of aryl methyl sites for hydroxylation is 1. The van der Waals surface area contributed by atoms with E-state index in [1.165, 1.54) is 4.90 Å². The molecule has 5 N–H and O–H groups in total. The van der Waals surface area contributed by atoms with Gasteiger partial charge < -0.3 is 26.0 Å². The maximum absolute atomic E-state index is 13.2. The van der Waals surface area contributed by atoms with Crippen LogP contribution in [0.5, 0.6) is 0 Å². The van der Waals surface area contributed by atoms with Gasteiger partial charge in [0.25, 0.3) is 0 Å². The van der Waals surface area contributed by atoms with Crippen LogP contribution >= 0.6 is 0 Å². The Morgan fingerprint density at radius 2 is 1.62 bits per heavy atom. The molecule has 1 fully saturated rings. The van der Waals surface area contributed by atoms with Crippen LogP contribution in [-0.4, -0.2) is 67.1 Å². The molecule has 0 radical (unpaired) electrons. The Hall–Kier alpha value is -3.97. The molecule has 2 atom stereocenters. The largest absolute Gasteiger partial charge is 0.481 e. The Labute approximate surface area is 227 Å². The van der Waals surface area contributed by atoms with E-state index in [2.05, 4.69) is 20.7 Å². The van der Waals surface area contributed by atoms with Gasteiger partial charge >= 0.3 is 12.0 Å². The minimum Gasteiger partial charge on any atom is -0.481 e. The van der Waals surface area contributed by atoms with Crippen molar-refractivity contribution in [1.29, 1.82) is 0 Å². The molecule has 1 aliphatic heterocycles. The Balaban J connectivity index is 1.62. The lowest BCUT2D eigenvalue weighted by atomic mass is 9.98. The fraction of sp³-hybridized carbons (Fsp3) is 0.385. The number of carbonyl (C=O) groups excluding carboxylic acids is 3. The van der Waals surface area contributed by atoms with Crippen molar-refractivity contribution in [2.45, 2.75) is 51.1 Å². The highest BCUT2D eigenvalue weighted by atomic mass is 32.2. The van der Waals surface area contributed by atoms with Crippen molar-refractivity contribution in [3.8, 4) is 0 Å². The maximum atomic E-state index is 13.2. The fourth-order valence-electron chi connectivity index (χ4n) is 4.37. The van der Waals surface area contributed by atoms with Crippen LogP contribution < -0.4 is 20.7 Å². The van der Waals surface area contributed by atoms with E-state index in [4.69, 9.17) is 0 Å². The average molecular weight is 560 g/mol. The smallest absolute Gasteiger partial charge is 0.323 e. The van der Waals surface area contributed by atoms with E-state index in [0.717, 1.165) is 18.2 Å². The number of urea groups is 1. The van der Waals surface area contributed by atoms with Crippen molar-refractivity contribution in [1.82, 2.24) is 9.62 Å². The third kappa shape index (κ3) is 9.37. The van der Waals surface area contributed by atoms with Crippen molar-refractivity contribution in [3.05, 3.63) is 54.1 Å². The molecule has 39 heavy (non-hydrogen) atoms. The summed E-state index contributed by atoms with van der Waals surface area (Å²) in [6.45, 7) is 2.16. The van der Waals surface area contributed by atoms with E-state index in [-0.39, 0.29) is 13.0 Å². The zero-order valence-corrected chi connectivity index (χ0v) is 22.6. The van der Waals surface area contributed by atoms with Crippen LogP contribution in [0.2, 0.25) is 0 Å². The molecule has 2 aromatic rings. The van der Waals surface area contributed by atoms with Crippen LogP contribution in [0.15, 0.2) is 48.5 Å². The summed E-state index contributed by atoms with van der Waals surface area (Å²) >= 11 is 0. The van der Waals surface area contributed by atoms with Gasteiger partial charge in [-0.1, -0.05) is 18.2 Å². The van der Waals surface area contributed by atoms with Crippen LogP contribution in [0.25, 0.3) is 0 Å². The van der Waals surface area contributed by atoms with Gasteiger partial charge in [-0.15, -0.1) is 0 Å². The highest BCUT2D eigenvalue weighted by Gasteiger charge is 2.35. The molecule has 0 aliphatic carbocycles. The van der Waals surface area contributed by atoms with Crippen LogP contribution in [0.3, 0.4) is 0 Å². The molecule has 1 saturated heterocycles. The Bertz CT molecular complexity index is 1310. The summed E-state index contributed by atoms with van der Waals surface area (Å²) in [4.78, 5) is 50.9. The Morgan fingerprint density at radius 1 is 0.974 bits per heavy atom. The molecular formula is C26H33N5O7S. The van der Waals surface area contributed by atoms with Gasteiger partial charge in [0, 0.05) is 29.6 Å². The quantitative estimate of drug-likeness (QED) is 0.297. The Kier molecular flexibility index (Phi) is 10.0. The van der Waals surface area contributed by atoms with Crippen LogP contribution in [0.4, 0.5) is 21.9 Å². The number of nitrogens with zero attached hydrogens (tertiary/aromatic N) is 1. The van der Waals surface area contributed by atoms with Crippen molar-refractivity contribution in [2.24, 2.45) is 0 Å². The van der Waals surface area contributed by atoms with Crippen LogP contribution in [0, 0.1) is 6.92 Å². The first kappa shape index (κ1) is 29.6. The van der Waals surface area contributed by atoms with Crippen LogP contribution in [0.1, 0.15) is 37.7 Å². The molecule has 3 rings (SSSR count). The molecule has 210 valence electrons. The van der Waals surface area contributed by atoms with Gasteiger partial charge in [-0.3, -0.25) is 14.4 Å². The minimum atomic E-state index is -3.85. The highest BCUT2D eigenvalue weighted by molar-refractivity contribution is 7.88. The number of benzene rings is 2. The molecule has 0 spiro atoms. The first-order chi connectivity index (χ1) is 18.4. The number of aliphatic carboxylic acids is 1. The lowest BCUT2D eigenvalue weighted by Gasteiger charge is -2.37. The van der Waals surface area contributed by atoms with Gasteiger partial charge in [-0.2, -0.15) is 0 Å². The van der Waals surface area contributed by atoms with Gasteiger partial charge in [-0.05, 0) is 62.1 Å². The molecule has 2 aromatic carbocycles. The standard InChI is InChI=1S/C26H33N5O7S/c1-17-7-3-4-9-21(17)29-26(36)28-19-12-10-18(11-13-19)27-23(32)16-22(30-39(2,37)38)25(35)31-14-6-5-8-20(31)15-24(33)34/h3-4,7,9-13,20,22,30H,5-6,8,14-16H2,1-2H3,(H,27,32)(H,33,34)(H2,28,29,36)/t20?,22-/m1/s1. The number of nitrogens with one attached hydrogen (secondary N) is 4. The van der Waals surface area contributed by atoms with Gasteiger partial charge in [0.2, 0.25) is 21.8 Å². The van der Waals surface area contributed by atoms with Gasteiger partial charge in [0.1, 0.15) is 6.04 Å². The number of carbonyl (C=O) groups is 4. The molecule has 1 aliphatic rings. The van der Waals surface area contributed by atoms with Gasteiger partial charge in [0.15, 0.2) is 0 Å². The maximum Gasteiger partial charge on any atom is 0.323 e. The molecule has 0 bridgehead atoms. The molecule has 1 heterocycles. The van der Waals surface area contributed by atoms with E-state index in [1.807, 2.05) is 25.1 Å². The van der Waals surface area contributed by atoms with Crippen molar-refractivity contribution in [2.75, 3.05) is 28.8 Å². The SMILES string of the molecule is Cc1ccccc1NC(=O)Nc1ccc(NC(=O)C[C@@H](NS(C)(=O)=O)C(=O)N2CCCCC2CC(=O)O)cc1. The van der Waals surface area contributed by atoms with Crippen molar-refractivity contribution >= 4 is 50.9 Å². The molecular weight excluding hydrogens is 526 g/mol. The summed E-state index contributed by atoms with van der Waals surface area (Å²) in [6, 6.07) is 11.2. The second kappa shape index (κ2) is 13.2. The number of rotatable bonds is 10. The lowest BCUT2D eigenvalue weighted by Crippen LogP contribution is -2.54. The molecule has 13 heteroatoms. The van der Waals surface area contributed by atoms with E-state index in [1.54, 1.807) is 30.3 Å². The number of likely N-dealkylation sites (tertiary alicyclic amines) is 1. The average Bonchev–Trinajstić information content (AvgIpc) is 2.85. The first-order valence-electron chi connectivity index (χ1n) is 12.4. The monoisotopic (exact) mass is 559 g/mol. The minimum absolute atomic E-state index is 0.257. The van der Waals surface area contributed by atoms with E-state index in [9.17, 15) is 32.7 Å². The summed E-state index contributed by atoms with van der Waals surface area (Å²) in [6.07, 6.45) is 2.04. The number of piperidine rings is 1. The predicted molar refractivity (Wildman–Crippen MR) is 147 cm³/mol. The molecule has 0 aromatic heterocycles. The predicted octanol–water partition coefficient (Wildman–Crippen LogP) is 2.74. The number of para-hydroxylation sites is 1. The van der Waals surface area contributed by atoms with E-state index < -0.39 is 52.3 Å². The summed E-state index contributed by atoms with van der Waals surface area (Å²) < 4.78 is 26.1. The van der Waals surface area contributed by atoms with Gasteiger partial charge in [0.05, 0.1) is 19.1 Å². The third-order valence-electron chi connectivity index (χ3n) is 6.18. The molecule has 0 saturated carbocycles. The van der Waals surface area contributed by atoms with E-state index in [0.29, 0.717) is 29.9 Å². The topological polar surface area (TPSA) is 174 Å². The summed E-state index contributed by atoms with van der Waals surface area (Å²) in [5.74, 6) is -2.31. The zero-order valence-electron chi connectivity index (χ0n) is 21.8. The zero-order chi connectivity index (χ0) is 28.6. The number of hydrogen-bond acceptors (Lipinski definition) is 6. The van der Waals surface area contributed by atoms with Crippen molar-refractivity contribution in [3.63, 3.8) is 0 Å². The number of anilines is 3. The highest BCUT2D eigenvalue weighted by Crippen LogP contribution is 2.22. The van der Waals surface area contributed by atoms with Crippen molar-refractivity contribution < 1.29 is 32.7 Å². The normalized spacial score (nSPS) is 16.2. The second-order valence-corrected chi connectivity index (χ2v) is 11.2. The molecule has 4 amide bonds. The number of carboxylic acids is 1. The third-order valence-corrected chi connectivity index (χ3v) is 6.90. The lowest BCUT2D eigenvalue weighted by molar-refractivity contribution is -0.143. The molecule has 1 unspecified atom stereocenters. The fourth-order valence-corrected chi connectivity index (χ4v) is 5.08. The number of amides is 4. The Morgan fingerprint density at radius 3 is 2.23 bits per heavy atom. The van der Waals surface area contributed by atoms with Gasteiger partial charge in [-0.25, -0.2) is 17.9 Å². The summed E-state index contributed by atoms with van der Waals surface area (Å²) in [5, 5.41) is 17.3. The second-order valence-electron chi connectivity index (χ2n) is 9.45. The number of sulfonamides is 1. The number of hydrogen-bond donors (Lipinski definition) is 5. The van der Waals surface area contributed by atoms with E-state index >= 15 is 0 Å². The first-order valence-corrected chi connectivity index (χ1v) is 14.3. The van der Waals surface area contributed by atoms with Crippen LogP contribution in [-0.2, 0) is 24.4 Å². The number of carboxylic acid groups (broad SMARTS) is 1.